The van der Waals surface area contributed by atoms with Crippen molar-refractivity contribution in [1.29, 1.82) is 0 Å². The Hall–Kier alpha value is -0.560. The molecule has 0 heterocycles. The molecule has 0 aliphatic carbocycles. The summed E-state index contributed by atoms with van der Waals surface area (Å²) in [4.78, 5) is 0. The molecule has 0 bridgehead atoms. The summed E-state index contributed by atoms with van der Waals surface area (Å²) in [5.41, 5.74) is 0. The van der Waals surface area contributed by atoms with Crippen LogP contribution in [-0.2, 0) is 0 Å². The predicted octanol–water partition coefficient (Wildman–Crippen LogP) is 3.84. The standard InChI is InChI=1S/C13H24O/c1-2-3-4-5-6-7-8-9-10-11-12-13-14/h6-9,14H,2-5,10-13H2,1H3/b7-6+,9-8+. The third kappa shape index (κ3) is 11.4. The second-order valence-corrected chi connectivity index (χ2v) is 3.57. The van der Waals surface area contributed by atoms with Crippen LogP contribution in [0.4, 0.5) is 0 Å². The van der Waals surface area contributed by atoms with Gasteiger partial charge < -0.3 is 5.11 Å². The number of aliphatic hydroxyl groups excluding tert-OH is 1. The highest BCUT2D eigenvalue weighted by molar-refractivity contribution is 5.02. The summed E-state index contributed by atoms with van der Waals surface area (Å²) in [6.45, 7) is 2.55. The van der Waals surface area contributed by atoms with E-state index in [0.29, 0.717) is 6.61 Å². The van der Waals surface area contributed by atoms with Gasteiger partial charge in [-0.2, -0.15) is 0 Å². The maximum Gasteiger partial charge on any atom is 0.0431 e. The molecule has 0 aliphatic heterocycles. The van der Waals surface area contributed by atoms with Crippen molar-refractivity contribution in [3.05, 3.63) is 24.3 Å². The van der Waals surface area contributed by atoms with E-state index in [0.717, 1.165) is 19.3 Å². The number of hydrogen-bond acceptors (Lipinski definition) is 1. The lowest BCUT2D eigenvalue weighted by molar-refractivity contribution is 0.285. The molecule has 0 spiro atoms. The third-order valence-corrected chi connectivity index (χ3v) is 2.14. The van der Waals surface area contributed by atoms with Crippen LogP contribution in [0.2, 0.25) is 0 Å². The van der Waals surface area contributed by atoms with Gasteiger partial charge >= 0.3 is 0 Å². The van der Waals surface area contributed by atoms with Crippen LogP contribution in [-0.4, -0.2) is 11.7 Å². The number of unbranched alkanes of at least 4 members (excludes halogenated alkanes) is 5. The molecule has 0 aliphatic rings. The van der Waals surface area contributed by atoms with E-state index in [2.05, 4.69) is 31.2 Å². The molecule has 0 aromatic carbocycles. The van der Waals surface area contributed by atoms with Crippen LogP contribution in [0.5, 0.6) is 0 Å². The predicted molar refractivity (Wildman–Crippen MR) is 63.4 cm³/mol. The summed E-state index contributed by atoms with van der Waals surface area (Å²) in [6, 6.07) is 0. The van der Waals surface area contributed by atoms with Gasteiger partial charge in [0, 0.05) is 6.61 Å². The number of allylic oxidation sites excluding steroid dienone is 4. The van der Waals surface area contributed by atoms with E-state index in [-0.39, 0.29) is 0 Å². The van der Waals surface area contributed by atoms with E-state index >= 15 is 0 Å². The first kappa shape index (κ1) is 13.4. The van der Waals surface area contributed by atoms with Gasteiger partial charge in [0.2, 0.25) is 0 Å². The van der Waals surface area contributed by atoms with Crippen molar-refractivity contribution in [1.82, 2.24) is 0 Å². The maximum absolute atomic E-state index is 8.55. The van der Waals surface area contributed by atoms with Crippen molar-refractivity contribution in [3.8, 4) is 0 Å². The summed E-state index contributed by atoms with van der Waals surface area (Å²) in [7, 11) is 0. The van der Waals surface area contributed by atoms with Crippen molar-refractivity contribution in [2.24, 2.45) is 0 Å². The van der Waals surface area contributed by atoms with E-state index in [4.69, 9.17) is 5.11 Å². The molecule has 0 fully saturated rings. The minimum Gasteiger partial charge on any atom is -0.396 e. The number of rotatable bonds is 9. The monoisotopic (exact) mass is 196 g/mol. The van der Waals surface area contributed by atoms with E-state index in [1.165, 1.54) is 25.7 Å². The van der Waals surface area contributed by atoms with Crippen molar-refractivity contribution in [2.75, 3.05) is 6.61 Å². The maximum atomic E-state index is 8.55. The SMILES string of the molecule is CCCCC/C=C/C=C/CCCCO. The summed E-state index contributed by atoms with van der Waals surface area (Å²) in [6.07, 6.45) is 16.9. The highest BCUT2D eigenvalue weighted by Gasteiger charge is 1.81. The molecule has 0 rings (SSSR count). The zero-order valence-corrected chi connectivity index (χ0v) is 9.41. The van der Waals surface area contributed by atoms with Crippen LogP contribution in [0.25, 0.3) is 0 Å². The Morgan fingerprint density at radius 1 is 0.857 bits per heavy atom. The molecule has 0 atom stereocenters. The third-order valence-electron chi connectivity index (χ3n) is 2.14. The van der Waals surface area contributed by atoms with Gasteiger partial charge in [0.25, 0.3) is 0 Å². The molecule has 0 amide bonds. The molecule has 14 heavy (non-hydrogen) atoms. The fourth-order valence-corrected chi connectivity index (χ4v) is 1.24. The van der Waals surface area contributed by atoms with Crippen molar-refractivity contribution in [2.45, 2.75) is 51.9 Å². The lowest BCUT2D eigenvalue weighted by Gasteiger charge is -1.91. The first-order chi connectivity index (χ1) is 6.91. The van der Waals surface area contributed by atoms with Crippen LogP contribution >= 0.6 is 0 Å². The van der Waals surface area contributed by atoms with Crippen molar-refractivity contribution in [3.63, 3.8) is 0 Å². The summed E-state index contributed by atoms with van der Waals surface area (Å²) < 4.78 is 0. The molecule has 0 saturated carbocycles. The van der Waals surface area contributed by atoms with Gasteiger partial charge in [-0.15, -0.1) is 0 Å². The van der Waals surface area contributed by atoms with E-state index < -0.39 is 0 Å². The average molecular weight is 196 g/mol. The minimum absolute atomic E-state index is 0.320. The summed E-state index contributed by atoms with van der Waals surface area (Å²) in [5, 5.41) is 8.55. The molecule has 0 aromatic heterocycles. The Kier molecular flexibility index (Phi) is 11.9. The van der Waals surface area contributed by atoms with Gasteiger partial charge in [0.05, 0.1) is 0 Å². The Morgan fingerprint density at radius 2 is 1.43 bits per heavy atom. The highest BCUT2D eigenvalue weighted by Crippen LogP contribution is 2.00. The molecule has 0 saturated heterocycles. The molecule has 1 heteroatoms. The Morgan fingerprint density at radius 3 is 1.93 bits per heavy atom. The second kappa shape index (κ2) is 12.4. The first-order valence-corrected chi connectivity index (χ1v) is 5.84. The lowest BCUT2D eigenvalue weighted by atomic mass is 10.2. The minimum atomic E-state index is 0.320. The van der Waals surface area contributed by atoms with Gasteiger partial charge in [0.1, 0.15) is 0 Å². The van der Waals surface area contributed by atoms with Gasteiger partial charge in [-0.1, -0.05) is 44.1 Å². The quantitative estimate of drug-likeness (QED) is 0.439. The number of aliphatic hydroxyl groups is 1. The van der Waals surface area contributed by atoms with Crippen LogP contribution in [0.3, 0.4) is 0 Å². The zero-order chi connectivity index (χ0) is 10.5. The van der Waals surface area contributed by atoms with Crippen molar-refractivity contribution < 1.29 is 5.11 Å². The summed E-state index contributed by atoms with van der Waals surface area (Å²) >= 11 is 0. The van der Waals surface area contributed by atoms with Gasteiger partial charge in [-0.3, -0.25) is 0 Å². The molecule has 0 radical (unpaired) electrons. The molecule has 1 N–H and O–H groups in total. The fraction of sp³-hybridized carbons (Fsp3) is 0.692. The van der Waals surface area contributed by atoms with Crippen LogP contribution in [0.1, 0.15) is 51.9 Å². The smallest absolute Gasteiger partial charge is 0.0431 e. The molecular weight excluding hydrogens is 172 g/mol. The van der Waals surface area contributed by atoms with E-state index in [1.54, 1.807) is 0 Å². The molecule has 1 nitrogen and oxygen atoms in total. The lowest BCUT2D eigenvalue weighted by Crippen LogP contribution is -1.79. The topological polar surface area (TPSA) is 20.2 Å². The average Bonchev–Trinajstić information content (AvgIpc) is 2.21. The number of hydrogen-bond donors (Lipinski definition) is 1. The Labute approximate surface area is 88.5 Å². The Bertz CT molecular complexity index is 129. The zero-order valence-electron chi connectivity index (χ0n) is 9.41. The van der Waals surface area contributed by atoms with Crippen LogP contribution in [0.15, 0.2) is 24.3 Å². The normalized spacial score (nSPS) is 11.9. The van der Waals surface area contributed by atoms with E-state index in [9.17, 15) is 0 Å². The van der Waals surface area contributed by atoms with Crippen molar-refractivity contribution >= 4 is 0 Å². The largest absolute Gasteiger partial charge is 0.396 e. The fourth-order valence-electron chi connectivity index (χ4n) is 1.24. The highest BCUT2D eigenvalue weighted by atomic mass is 16.2. The van der Waals surface area contributed by atoms with E-state index in [1.807, 2.05) is 0 Å². The van der Waals surface area contributed by atoms with Gasteiger partial charge in [0.15, 0.2) is 0 Å². The molecular formula is C13H24O. The Balaban J connectivity index is 3.15. The van der Waals surface area contributed by atoms with Gasteiger partial charge in [-0.05, 0) is 32.1 Å². The van der Waals surface area contributed by atoms with Crippen LogP contribution in [0, 0.1) is 0 Å². The molecule has 0 aromatic rings. The molecule has 82 valence electrons. The first-order valence-electron chi connectivity index (χ1n) is 5.84. The summed E-state index contributed by atoms with van der Waals surface area (Å²) in [5.74, 6) is 0. The molecule has 0 unspecified atom stereocenters. The van der Waals surface area contributed by atoms with Gasteiger partial charge in [-0.25, -0.2) is 0 Å². The second-order valence-electron chi connectivity index (χ2n) is 3.57. The van der Waals surface area contributed by atoms with Crippen LogP contribution < -0.4 is 0 Å².